The number of cyclic esters (lactones) is 1. The number of carbonyl (C=O) groups is 1. The fraction of sp³-hybridized carbons (Fsp3) is 0.875. The lowest BCUT2D eigenvalue weighted by Crippen LogP contribution is -2.37. The minimum atomic E-state index is -0.341. The highest BCUT2D eigenvalue weighted by Crippen LogP contribution is 2.18. The molecule has 2 unspecified atom stereocenters. The summed E-state index contributed by atoms with van der Waals surface area (Å²) in [6.07, 6.45) is 0.0401. The van der Waals surface area contributed by atoms with E-state index in [-0.39, 0.29) is 24.3 Å². The van der Waals surface area contributed by atoms with Crippen molar-refractivity contribution in [2.75, 3.05) is 0 Å². The second-order valence-corrected chi connectivity index (χ2v) is 3.25. The SMILES string of the molecule is CC1CC(=O)OC(C(C)C)O1. The van der Waals surface area contributed by atoms with E-state index in [1.54, 1.807) is 0 Å². The first kappa shape index (κ1) is 8.53. The van der Waals surface area contributed by atoms with E-state index in [0.29, 0.717) is 6.42 Å². The van der Waals surface area contributed by atoms with Crippen LogP contribution in [-0.4, -0.2) is 18.4 Å². The van der Waals surface area contributed by atoms with Crippen molar-refractivity contribution >= 4 is 5.97 Å². The second-order valence-electron chi connectivity index (χ2n) is 3.25. The maximum atomic E-state index is 10.9. The van der Waals surface area contributed by atoms with Crippen LogP contribution < -0.4 is 0 Å². The predicted molar refractivity (Wildman–Crippen MR) is 39.9 cm³/mol. The lowest BCUT2D eigenvalue weighted by atomic mass is 10.2. The van der Waals surface area contributed by atoms with Crippen molar-refractivity contribution in [3.8, 4) is 0 Å². The van der Waals surface area contributed by atoms with E-state index < -0.39 is 0 Å². The van der Waals surface area contributed by atoms with Crippen molar-refractivity contribution in [1.29, 1.82) is 0 Å². The normalized spacial score (nSPS) is 32.2. The number of hydrogen-bond donors (Lipinski definition) is 0. The molecule has 0 aromatic heterocycles. The molecule has 0 aromatic carbocycles. The van der Waals surface area contributed by atoms with Crippen LogP contribution in [-0.2, 0) is 14.3 Å². The molecular formula is C8H14O3. The first-order chi connectivity index (χ1) is 5.09. The summed E-state index contributed by atoms with van der Waals surface area (Å²) in [6, 6.07) is 0. The Morgan fingerprint density at radius 1 is 1.55 bits per heavy atom. The molecule has 0 bridgehead atoms. The molecule has 2 atom stereocenters. The van der Waals surface area contributed by atoms with Crippen molar-refractivity contribution < 1.29 is 14.3 Å². The molecule has 0 aromatic rings. The Hall–Kier alpha value is -0.570. The third kappa shape index (κ3) is 2.19. The molecule has 3 nitrogen and oxygen atoms in total. The highest BCUT2D eigenvalue weighted by Gasteiger charge is 2.28. The third-order valence-corrected chi connectivity index (χ3v) is 1.61. The minimum Gasteiger partial charge on any atom is -0.435 e. The summed E-state index contributed by atoms with van der Waals surface area (Å²) in [5.41, 5.74) is 0. The number of esters is 1. The average molecular weight is 158 g/mol. The Morgan fingerprint density at radius 3 is 2.64 bits per heavy atom. The monoisotopic (exact) mass is 158 g/mol. The lowest BCUT2D eigenvalue weighted by molar-refractivity contribution is -0.224. The zero-order valence-corrected chi connectivity index (χ0v) is 7.16. The Balaban J connectivity index is 2.49. The molecule has 0 N–H and O–H groups in total. The Kier molecular flexibility index (Phi) is 2.49. The van der Waals surface area contributed by atoms with E-state index in [2.05, 4.69) is 0 Å². The molecule has 1 heterocycles. The lowest BCUT2D eigenvalue weighted by Gasteiger charge is -2.29. The maximum absolute atomic E-state index is 10.9. The highest BCUT2D eigenvalue weighted by molar-refractivity contribution is 5.70. The van der Waals surface area contributed by atoms with E-state index in [0.717, 1.165) is 0 Å². The zero-order valence-electron chi connectivity index (χ0n) is 7.16. The van der Waals surface area contributed by atoms with Gasteiger partial charge in [0.2, 0.25) is 6.29 Å². The summed E-state index contributed by atoms with van der Waals surface area (Å²) in [4.78, 5) is 10.9. The summed E-state index contributed by atoms with van der Waals surface area (Å²) in [6.45, 7) is 5.82. The molecule has 0 spiro atoms. The van der Waals surface area contributed by atoms with Gasteiger partial charge in [0.25, 0.3) is 0 Å². The van der Waals surface area contributed by atoms with Gasteiger partial charge < -0.3 is 9.47 Å². The van der Waals surface area contributed by atoms with Gasteiger partial charge in [0, 0.05) is 5.92 Å². The first-order valence-electron chi connectivity index (χ1n) is 3.94. The summed E-state index contributed by atoms with van der Waals surface area (Å²) in [7, 11) is 0. The summed E-state index contributed by atoms with van der Waals surface area (Å²) < 4.78 is 10.3. The number of carbonyl (C=O) groups excluding carboxylic acids is 1. The van der Waals surface area contributed by atoms with E-state index >= 15 is 0 Å². The largest absolute Gasteiger partial charge is 0.435 e. The fourth-order valence-corrected chi connectivity index (χ4v) is 1.01. The summed E-state index contributed by atoms with van der Waals surface area (Å²) in [5.74, 6) is 0.0872. The van der Waals surface area contributed by atoms with Gasteiger partial charge in [0.05, 0.1) is 12.5 Å². The van der Waals surface area contributed by atoms with Crippen LogP contribution in [0.25, 0.3) is 0 Å². The third-order valence-electron chi connectivity index (χ3n) is 1.61. The van der Waals surface area contributed by atoms with Gasteiger partial charge in [-0.05, 0) is 6.92 Å². The van der Waals surface area contributed by atoms with Gasteiger partial charge in [-0.1, -0.05) is 13.8 Å². The van der Waals surface area contributed by atoms with Crippen LogP contribution in [0.3, 0.4) is 0 Å². The molecule has 0 saturated carbocycles. The van der Waals surface area contributed by atoms with E-state index in [9.17, 15) is 4.79 Å². The van der Waals surface area contributed by atoms with Gasteiger partial charge in [0.15, 0.2) is 0 Å². The summed E-state index contributed by atoms with van der Waals surface area (Å²) >= 11 is 0. The highest BCUT2D eigenvalue weighted by atomic mass is 16.7. The number of hydrogen-bond acceptors (Lipinski definition) is 3. The maximum Gasteiger partial charge on any atom is 0.310 e. The van der Waals surface area contributed by atoms with Crippen molar-refractivity contribution in [1.82, 2.24) is 0 Å². The number of rotatable bonds is 1. The van der Waals surface area contributed by atoms with E-state index in [1.165, 1.54) is 0 Å². The molecule has 1 aliphatic heterocycles. The van der Waals surface area contributed by atoms with Gasteiger partial charge in [0.1, 0.15) is 0 Å². The number of ether oxygens (including phenoxy) is 2. The molecule has 1 rings (SSSR count). The van der Waals surface area contributed by atoms with Crippen LogP contribution in [0.1, 0.15) is 27.2 Å². The van der Waals surface area contributed by atoms with Crippen LogP contribution in [0.15, 0.2) is 0 Å². The Morgan fingerprint density at radius 2 is 2.18 bits per heavy atom. The Labute approximate surface area is 66.7 Å². The van der Waals surface area contributed by atoms with Gasteiger partial charge >= 0.3 is 5.97 Å². The van der Waals surface area contributed by atoms with E-state index in [4.69, 9.17) is 9.47 Å². The molecule has 1 aliphatic rings. The summed E-state index contributed by atoms with van der Waals surface area (Å²) in [5, 5.41) is 0. The van der Waals surface area contributed by atoms with Crippen LogP contribution >= 0.6 is 0 Å². The first-order valence-corrected chi connectivity index (χ1v) is 3.94. The molecule has 0 radical (unpaired) electrons. The standard InChI is InChI=1S/C8H14O3/c1-5(2)8-10-6(3)4-7(9)11-8/h5-6,8H,4H2,1-3H3. The predicted octanol–water partition coefficient (Wildman–Crippen LogP) is 1.32. The van der Waals surface area contributed by atoms with Crippen molar-refractivity contribution in [2.24, 2.45) is 5.92 Å². The molecule has 0 aliphatic carbocycles. The van der Waals surface area contributed by atoms with Crippen LogP contribution in [0.4, 0.5) is 0 Å². The van der Waals surface area contributed by atoms with Gasteiger partial charge in [-0.15, -0.1) is 0 Å². The molecule has 1 fully saturated rings. The smallest absolute Gasteiger partial charge is 0.310 e. The fourth-order valence-electron chi connectivity index (χ4n) is 1.01. The van der Waals surface area contributed by atoms with Crippen LogP contribution in [0, 0.1) is 5.92 Å². The molecular weight excluding hydrogens is 144 g/mol. The minimum absolute atomic E-state index is 0.00338. The quantitative estimate of drug-likeness (QED) is 0.540. The second kappa shape index (κ2) is 3.22. The van der Waals surface area contributed by atoms with Crippen molar-refractivity contribution in [3.63, 3.8) is 0 Å². The molecule has 3 heteroatoms. The van der Waals surface area contributed by atoms with Gasteiger partial charge in [-0.3, -0.25) is 4.79 Å². The molecule has 64 valence electrons. The zero-order chi connectivity index (χ0) is 8.43. The molecule has 1 saturated heterocycles. The van der Waals surface area contributed by atoms with Crippen LogP contribution in [0.2, 0.25) is 0 Å². The average Bonchev–Trinajstić information content (AvgIpc) is 1.85. The topological polar surface area (TPSA) is 35.5 Å². The van der Waals surface area contributed by atoms with E-state index in [1.807, 2.05) is 20.8 Å². The molecule has 11 heavy (non-hydrogen) atoms. The van der Waals surface area contributed by atoms with Crippen molar-refractivity contribution in [3.05, 3.63) is 0 Å². The van der Waals surface area contributed by atoms with Crippen molar-refractivity contribution in [2.45, 2.75) is 39.6 Å². The van der Waals surface area contributed by atoms with Crippen LogP contribution in [0.5, 0.6) is 0 Å². The molecule has 0 amide bonds. The Bertz CT molecular complexity index is 153. The van der Waals surface area contributed by atoms with Gasteiger partial charge in [-0.2, -0.15) is 0 Å². The van der Waals surface area contributed by atoms with Gasteiger partial charge in [-0.25, -0.2) is 0 Å².